The minimum absolute atomic E-state index is 0.123. The molecule has 1 aliphatic carbocycles. The summed E-state index contributed by atoms with van der Waals surface area (Å²) < 4.78 is 5.68. The molecule has 1 aliphatic heterocycles. The van der Waals surface area contributed by atoms with Crippen molar-refractivity contribution >= 4 is 5.91 Å². The lowest BCUT2D eigenvalue weighted by Crippen LogP contribution is -2.54. The van der Waals surface area contributed by atoms with Crippen LogP contribution in [-0.4, -0.2) is 42.6 Å². The standard InChI is InChI=1S/C14H26N2O2/c1-10-4-3-7-16(13(10)8-15)14(17)11(2)18-9-12-5-6-12/h10-13H,3-9,15H2,1-2H3/t10-,11+,13+/m1/s1. The van der Waals surface area contributed by atoms with E-state index in [1.54, 1.807) is 0 Å². The number of hydrogen-bond acceptors (Lipinski definition) is 3. The molecule has 104 valence electrons. The number of hydrogen-bond donors (Lipinski definition) is 1. The van der Waals surface area contributed by atoms with Crippen molar-refractivity contribution in [3.8, 4) is 0 Å². The first-order chi connectivity index (χ1) is 8.63. The highest BCUT2D eigenvalue weighted by molar-refractivity contribution is 5.81. The van der Waals surface area contributed by atoms with E-state index in [0.717, 1.165) is 19.6 Å². The normalized spacial score (nSPS) is 30.3. The van der Waals surface area contributed by atoms with Gasteiger partial charge in [0.2, 0.25) is 0 Å². The highest BCUT2D eigenvalue weighted by Crippen LogP contribution is 2.29. The van der Waals surface area contributed by atoms with Crippen LogP contribution in [0.2, 0.25) is 0 Å². The van der Waals surface area contributed by atoms with E-state index in [1.807, 2.05) is 11.8 Å². The molecular formula is C14H26N2O2. The summed E-state index contributed by atoms with van der Waals surface area (Å²) in [7, 11) is 0. The second kappa shape index (κ2) is 6.02. The van der Waals surface area contributed by atoms with Gasteiger partial charge in [-0.3, -0.25) is 4.79 Å². The van der Waals surface area contributed by atoms with Crippen molar-refractivity contribution in [2.24, 2.45) is 17.6 Å². The number of ether oxygens (including phenoxy) is 1. The molecule has 18 heavy (non-hydrogen) atoms. The number of likely N-dealkylation sites (tertiary alicyclic amines) is 1. The first kappa shape index (κ1) is 13.8. The molecule has 2 rings (SSSR count). The molecule has 0 spiro atoms. The first-order valence-corrected chi connectivity index (χ1v) is 7.25. The Hall–Kier alpha value is -0.610. The third kappa shape index (κ3) is 3.23. The molecular weight excluding hydrogens is 228 g/mol. The summed E-state index contributed by atoms with van der Waals surface area (Å²) in [5.74, 6) is 1.33. The van der Waals surface area contributed by atoms with Gasteiger partial charge < -0.3 is 15.4 Å². The lowest BCUT2D eigenvalue weighted by molar-refractivity contribution is -0.147. The third-order valence-electron chi connectivity index (χ3n) is 4.27. The molecule has 0 aromatic carbocycles. The lowest BCUT2D eigenvalue weighted by Gasteiger charge is -2.40. The van der Waals surface area contributed by atoms with Crippen LogP contribution in [0.4, 0.5) is 0 Å². The van der Waals surface area contributed by atoms with E-state index >= 15 is 0 Å². The zero-order chi connectivity index (χ0) is 13.1. The Morgan fingerprint density at radius 2 is 2.17 bits per heavy atom. The van der Waals surface area contributed by atoms with Gasteiger partial charge in [-0.15, -0.1) is 0 Å². The van der Waals surface area contributed by atoms with Crippen LogP contribution in [-0.2, 0) is 9.53 Å². The molecule has 0 radical (unpaired) electrons. The van der Waals surface area contributed by atoms with Gasteiger partial charge in [-0.1, -0.05) is 6.92 Å². The number of nitrogens with zero attached hydrogens (tertiary/aromatic N) is 1. The Morgan fingerprint density at radius 1 is 1.44 bits per heavy atom. The van der Waals surface area contributed by atoms with E-state index < -0.39 is 0 Å². The Labute approximate surface area is 110 Å². The van der Waals surface area contributed by atoms with Crippen molar-refractivity contribution in [1.29, 1.82) is 0 Å². The second-order valence-electron chi connectivity index (χ2n) is 5.87. The van der Waals surface area contributed by atoms with Crippen LogP contribution in [0.1, 0.15) is 39.5 Å². The zero-order valence-electron chi connectivity index (χ0n) is 11.6. The molecule has 2 fully saturated rings. The molecule has 0 unspecified atom stereocenters. The third-order valence-corrected chi connectivity index (χ3v) is 4.27. The topological polar surface area (TPSA) is 55.6 Å². The van der Waals surface area contributed by atoms with Crippen molar-refractivity contribution in [2.75, 3.05) is 19.7 Å². The van der Waals surface area contributed by atoms with Crippen LogP contribution in [0.5, 0.6) is 0 Å². The highest BCUT2D eigenvalue weighted by Gasteiger charge is 2.33. The van der Waals surface area contributed by atoms with E-state index in [1.165, 1.54) is 19.3 Å². The minimum Gasteiger partial charge on any atom is -0.368 e. The zero-order valence-corrected chi connectivity index (χ0v) is 11.6. The van der Waals surface area contributed by atoms with Crippen molar-refractivity contribution < 1.29 is 9.53 Å². The van der Waals surface area contributed by atoms with Crippen molar-refractivity contribution in [3.63, 3.8) is 0 Å². The smallest absolute Gasteiger partial charge is 0.251 e. The Morgan fingerprint density at radius 3 is 2.78 bits per heavy atom. The molecule has 1 heterocycles. The Bertz CT molecular complexity index is 292. The number of carbonyl (C=O) groups excluding carboxylic acids is 1. The quantitative estimate of drug-likeness (QED) is 0.806. The Balaban J connectivity index is 1.88. The van der Waals surface area contributed by atoms with Crippen LogP contribution in [0.3, 0.4) is 0 Å². The van der Waals surface area contributed by atoms with E-state index in [9.17, 15) is 4.79 Å². The number of amides is 1. The van der Waals surface area contributed by atoms with E-state index in [-0.39, 0.29) is 18.1 Å². The minimum atomic E-state index is -0.315. The van der Waals surface area contributed by atoms with Crippen molar-refractivity contribution in [2.45, 2.75) is 51.7 Å². The summed E-state index contributed by atoms with van der Waals surface area (Å²) >= 11 is 0. The average molecular weight is 254 g/mol. The molecule has 1 saturated heterocycles. The van der Waals surface area contributed by atoms with Gasteiger partial charge >= 0.3 is 0 Å². The molecule has 0 aromatic rings. The monoisotopic (exact) mass is 254 g/mol. The summed E-state index contributed by atoms with van der Waals surface area (Å²) in [6.07, 6.45) is 4.45. The van der Waals surface area contributed by atoms with Gasteiger partial charge in [0.1, 0.15) is 6.10 Å². The SMILES string of the molecule is C[C@H](OCC1CC1)C(=O)N1CCC[C@@H](C)[C@@H]1CN. The molecule has 2 aliphatic rings. The average Bonchev–Trinajstić information content (AvgIpc) is 3.18. The number of piperidine rings is 1. The molecule has 4 nitrogen and oxygen atoms in total. The number of carbonyl (C=O) groups is 1. The summed E-state index contributed by atoms with van der Waals surface area (Å²) in [6, 6.07) is 0.193. The van der Waals surface area contributed by atoms with Gasteiger partial charge in [-0.2, -0.15) is 0 Å². The number of rotatable bonds is 5. The van der Waals surface area contributed by atoms with E-state index in [0.29, 0.717) is 18.4 Å². The van der Waals surface area contributed by atoms with Crippen LogP contribution in [0.25, 0.3) is 0 Å². The maximum absolute atomic E-state index is 12.4. The van der Waals surface area contributed by atoms with Crippen LogP contribution < -0.4 is 5.73 Å². The predicted octanol–water partition coefficient (Wildman–Crippen LogP) is 1.39. The van der Waals surface area contributed by atoms with Crippen LogP contribution >= 0.6 is 0 Å². The maximum atomic E-state index is 12.4. The Kier molecular flexibility index (Phi) is 4.62. The molecule has 1 saturated carbocycles. The van der Waals surface area contributed by atoms with Gasteiger partial charge in [-0.25, -0.2) is 0 Å². The van der Waals surface area contributed by atoms with Gasteiger partial charge in [0.05, 0.1) is 6.61 Å². The maximum Gasteiger partial charge on any atom is 0.251 e. The second-order valence-corrected chi connectivity index (χ2v) is 5.87. The van der Waals surface area contributed by atoms with Gasteiger partial charge in [0.15, 0.2) is 0 Å². The molecule has 2 N–H and O–H groups in total. The fourth-order valence-electron chi connectivity index (χ4n) is 2.75. The predicted molar refractivity (Wildman–Crippen MR) is 71.1 cm³/mol. The van der Waals surface area contributed by atoms with Crippen molar-refractivity contribution in [3.05, 3.63) is 0 Å². The fourth-order valence-corrected chi connectivity index (χ4v) is 2.75. The molecule has 0 aromatic heterocycles. The first-order valence-electron chi connectivity index (χ1n) is 7.25. The molecule has 4 heteroatoms. The van der Waals surface area contributed by atoms with E-state index in [2.05, 4.69) is 6.92 Å². The lowest BCUT2D eigenvalue weighted by atomic mass is 9.90. The molecule has 0 bridgehead atoms. The molecule has 3 atom stereocenters. The van der Waals surface area contributed by atoms with Gasteiger partial charge in [-0.05, 0) is 44.4 Å². The summed E-state index contributed by atoms with van der Waals surface area (Å²) in [5, 5.41) is 0. The molecule has 1 amide bonds. The van der Waals surface area contributed by atoms with Gasteiger partial charge in [0, 0.05) is 19.1 Å². The van der Waals surface area contributed by atoms with Crippen LogP contribution in [0, 0.1) is 11.8 Å². The van der Waals surface area contributed by atoms with Gasteiger partial charge in [0.25, 0.3) is 5.91 Å². The van der Waals surface area contributed by atoms with E-state index in [4.69, 9.17) is 10.5 Å². The fraction of sp³-hybridized carbons (Fsp3) is 0.929. The highest BCUT2D eigenvalue weighted by atomic mass is 16.5. The summed E-state index contributed by atoms with van der Waals surface area (Å²) in [5.41, 5.74) is 5.82. The van der Waals surface area contributed by atoms with Crippen molar-refractivity contribution in [1.82, 2.24) is 4.90 Å². The number of nitrogens with two attached hydrogens (primary N) is 1. The summed E-state index contributed by atoms with van der Waals surface area (Å²) in [4.78, 5) is 14.3. The van der Waals surface area contributed by atoms with Crippen LogP contribution in [0.15, 0.2) is 0 Å². The largest absolute Gasteiger partial charge is 0.368 e. The summed E-state index contributed by atoms with van der Waals surface area (Å²) in [6.45, 7) is 6.19.